The minimum Gasteiger partial charge on any atom is -0.0888 e. The lowest BCUT2D eigenvalue weighted by atomic mass is 10.3. The van der Waals surface area contributed by atoms with Gasteiger partial charge in [0.15, 0.2) is 0 Å². The number of rotatable bonds is 0. The van der Waals surface area contributed by atoms with E-state index in [-0.39, 0.29) is 0 Å². The largest absolute Gasteiger partial charge is 0.0888 e. The van der Waals surface area contributed by atoms with Gasteiger partial charge in [0.1, 0.15) is 0 Å². The molecule has 0 aromatic carbocycles. The molecule has 0 bridgehead atoms. The van der Waals surface area contributed by atoms with Crippen LogP contribution in [0.2, 0.25) is 0 Å². The van der Waals surface area contributed by atoms with E-state index in [9.17, 15) is 0 Å². The van der Waals surface area contributed by atoms with Crippen molar-refractivity contribution in [3.05, 3.63) is 34.9 Å². The molecule has 0 heterocycles. The van der Waals surface area contributed by atoms with Gasteiger partial charge in [0.2, 0.25) is 0 Å². The van der Waals surface area contributed by atoms with Gasteiger partial charge in [-0.1, -0.05) is 35.9 Å². The molecule has 1 rings (SSSR count). The molecule has 1 heteroatoms. The molecule has 0 spiro atoms. The van der Waals surface area contributed by atoms with Crippen LogP contribution in [0.4, 0.5) is 0 Å². The maximum absolute atomic E-state index is 5.66. The summed E-state index contributed by atoms with van der Waals surface area (Å²) in [5.74, 6) is 0. The molecule has 0 nitrogen and oxygen atoms in total. The van der Waals surface area contributed by atoms with Gasteiger partial charge in [-0.2, -0.15) is 0 Å². The normalized spacial score (nSPS) is 15.5. The van der Waals surface area contributed by atoms with Crippen LogP contribution in [0.1, 0.15) is 6.92 Å². The zero-order chi connectivity index (χ0) is 5.98. The molecule has 8 heavy (non-hydrogen) atoms. The van der Waals surface area contributed by atoms with Crippen LogP contribution in [0.3, 0.4) is 0 Å². The Hall–Kier alpha value is -0.490. The third-order valence-corrected chi connectivity index (χ3v) is 1.28. The predicted octanol–water partition coefficient (Wildman–Crippen LogP) is 2.63. The second kappa shape index (κ2) is 2.19. The molecule has 1 aliphatic carbocycles. The summed E-state index contributed by atoms with van der Waals surface area (Å²) < 4.78 is 0. The van der Waals surface area contributed by atoms with Crippen LogP contribution in [-0.2, 0) is 0 Å². The number of halogens is 1. The number of hydrogen-bond donors (Lipinski definition) is 0. The van der Waals surface area contributed by atoms with Crippen LogP contribution in [-0.4, -0.2) is 0 Å². The first-order valence-electron chi connectivity index (χ1n) is 2.52. The van der Waals surface area contributed by atoms with E-state index in [0.717, 1.165) is 10.6 Å². The molecular weight excluding hydrogens is 120 g/mol. The molecule has 0 N–H and O–H groups in total. The highest BCUT2D eigenvalue weighted by Crippen LogP contribution is 2.14. The highest BCUT2D eigenvalue weighted by atomic mass is 35.5. The van der Waals surface area contributed by atoms with Gasteiger partial charge < -0.3 is 0 Å². The lowest BCUT2D eigenvalue weighted by Gasteiger charge is -1.87. The van der Waals surface area contributed by atoms with Crippen molar-refractivity contribution >= 4 is 11.6 Å². The smallest absolute Gasteiger partial charge is 0.0222 e. The molecule has 0 radical (unpaired) electrons. The molecule has 42 valence electrons. The Morgan fingerprint density at radius 2 is 1.88 bits per heavy atom. The van der Waals surface area contributed by atoms with Crippen molar-refractivity contribution in [2.45, 2.75) is 6.92 Å². The summed E-state index contributed by atoms with van der Waals surface area (Å²) in [5, 5.41) is 0.856. The molecular formula is C7H7Cl. The first kappa shape index (κ1) is 5.64. The van der Waals surface area contributed by atoms with E-state index in [0.29, 0.717) is 0 Å². The monoisotopic (exact) mass is 126 g/mol. The van der Waals surface area contributed by atoms with Gasteiger partial charge >= 0.3 is 0 Å². The minimum absolute atomic E-state index is 0.856. The summed E-state index contributed by atoms with van der Waals surface area (Å²) in [7, 11) is 0. The zero-order valence-corrected chi connectivity index (χ0v) is 5.44. The Labute approximate surface area is 54.2 Å². The lowest BCUT2D eigenvalue weighted by Crippen LogP contribution is -1.66. The summed E-state index contributed by atoms with van der Waals surface area (Å²) in [6, 6.07) is 0. The Balaban J connectivity index is 2.90. The van der Waals surface area contributed by atoms with Crippen LogP contribution in [0, 0.1) is 0 Å². The molecule has 0 aromatic heterocycles. The highest BCUT2D eigenvalue weighted by molar-refractivity contribution is 6.30. The van der Waals surface area contributed by atoms with Crippen LogP contribution < -0.4 is 0 Å². The fourth-order valence-corrected chi connectivity index (χ4v) is 0.730. The van der Waals surface area contributed by atoms with Crippen molar-refractivity contribution in [2.24, 2.45) is 0 Å². The first-order valence-corrected chi connectivity index (χ1v) is 2.89. The molecule has 0 unspecified atom stereocenters. The summed E-state index contributed by atoms with van der Waals surface area (Å²) >= 11 is 5.66. The third kappa shape index (κ3) is 1.01. The second-order valence-corrected chi connectivity index (χ2v) is 2.27. The number of hydrogen-bond acceptors (Lipinski definition) is 0. The Morgan fingerprint density at radius 1 is 1.38 bits per heavy atom. The first-order chi connectivity index (χ1) is 3.80. The second-order valence-electron chi connectivity index (χ2n) is 1.71. The van der Waals surface area contributed by atoms with Gasteiger partial charge in [-0.3, -0.25) is 0 Å². The molecule has 0 fully saturated rings. The van der Waals surface area contributed by atoms with Crippen molar-refractivity contribution in [3.8, 4) is 0 Å². The highest BCUT2D eigenvalue weighted by Gasteiger charge is 1.92. The topological polar surface area (TPSA) is 0 Å². The molecule has 0 aromatic rings. The van der Waals surface area contributed by atoms with Gasteiger partial charge in [0.05, 0.1) is 0 Å². The van der Waals surface area contributed by atoms with Crippen molar-refractivity contribution in [3.63, 3.8) is 0 Å². The standard InChI is InChI=1S/C7H7Cl/c1-6(8)7-4-2-3-5-7/h2-5H,1H3. The zero-order valence-electron chi connectivity index (χ0n) is 4.69. The fraction of sp³-hybridized carbons (Fsp3) is 0.143. The Morgan fingerprint density at radius 3 is 2.12 bits per heavy atom. The maximum atomic E-state index is 5.66. The lowest BCUT2D eigenvalue weighted by molar-refractivity contribution is 1.58. The van der Waals surface area contributed by atoms with E-state index < -0.39 is 0 Å². The maximum Gasteiger partial charge on any atom is 0.0222 e. The summed E-state index contributed by atoms with van der Waals surface area (Å²) in [4.78, 5) is 0. The molecule has 0 aliphatic heterocycles. The van der Waals surface area contributed by atoms with E-state index in [2.05, 4.69) is 0 Å². The summed E-state index contributed by atoms with van der Waals surface area (Å²) in [6.45, 7) is 1.89. The van der Waals surface area contributed by atoms with Gasteiger partial charge in [-0.15, -0.1) is 0 Å². The SMILES string of the molecule is CC(Cl)=C1C=CC=C1. The van der Waals surface area contributed by atoms with E-state index in [1.54, 1.807) is 0 Å². The van der Waals surface area contributed by atoms with Crippen LogP contribution in [0.5, 0.6) is 0 Å². The van der Waals surface area contributed by atoms with E-state index in [4.69, 9.17) is 11.6 Å². The molecule has 0 saturated carbocycles. The van der Waals surface area contributed by atoms with Crippen molar-refractivity contribution < 1.29 is 0 Å². The molecule has 0 amide bonds. The van der Waals surface area contributed by atoms with Gasteiger partial charge in [-0.25, -0.2) is 0 Å². The van der Waals surface area contributed by atoms with Crippen LogP contribution in [0.25, 0.3) is 0 Å². The molecule has 1 aliphatic rings. The molecule has 0 saturated heterocycles. The van der Waals surface area contributed by atoms with E-state index >= 15 is 0 Å². The third-order valence-electron chi connectivity index (χ3n) is 1.06. The van der Waals surface area contributed by atoms with Crippen LogP contribution in [0.15, 0.2) is 34.9 Å². The van der Waals surface area contributed by atoms with Crippen molar-refractivity contribution in [2.75, 3.05) is 0 Å². The summed E-state index contributed by atoms with van der Waals surface area (Å²) in [5.41, 5.74) is 1.12. The number of allylic oxidation sites excluding steroid dienone is 6. The minimum atomic E-state index is 0.856. The van der Waals surface area contributed by atoms with Gasteiger partial charge in [0.25, 0.3) is 0 Å². The molecule has 0 atom stereocenters. The van der Waals surface area contributed by atoms with Crippen molar-refractivity contribution in [1.82, 2.24) is 0 Å². The predicted molar refractivity (Wildman–Crippen MR) is 36.8 cm³/mol. The van der Waals surface area contributed by atoms with Gasteiger partial charge in [-0.05, 0) is 12.5 Å². The quantitative estimate of drug-likeness (QED) is 0.468. The van der Waals surface area contributed by atoms with E-state index in [1.165, 1.54) is 0 Å². The average Bonchev–Trinajstić information content (AvgIpc) is 2.12. The Kier molecular flexibility index (Phi) is 1.54. The average molecular weight is 127 g/mol. The fourth-order valence-electron chi connectivity index (χ4n) is 0.604. The summed E-state index contributed by atoms with van der Waals surface area (Å²) in [6.07, 6.45) is 7.92. The van der Waals surface area contributed by atoms with E-state index in [1.807, 2.05) is 31.2 Å². The van der Waals surface area contributed by atoms with Crippen molar-refractivity contribution in [1.29, 1.82) is 0 Å². The van der Waals surface area contributed by atoms with Crippen LogP contribution >= 0.6 is 11.6 Å². The van der Waals surface area contributed by atoms with Gasteiger partial charge in [0, 0.05) is 5.03 Å². The Bertz CT molecular complexity index is 155.